The molecule has 0 spiro atoms. The Kier molecular flexibility index (Phi) is 3.59. The molecule has 1 aliphatic heterocycles. The maximum absolute atomic E-state index is 12.9. The normalized spacial score (nSPS) is 13.8. The zero-order chi connectivity index (χ0) is 15.0. The Morgan fingerprint density at radius 2 is 2.19 bits per heavy atom. The van der Waals surface area contributed by atoms with Gasteiger partial charge in [0.25, 0.3) is 5.91 Å². The number of para-hydroxylation sites is 2. The minimum absolute atomic E-state index is 0.132. The number of aromatic nitrogens is 2. The first-order valence-corrected chi connectivity index (χ1v) is 7.28. The molecule has 0 saturated heterocycles. The van der Waals surface area contributed by atoms with Crippen LogP contribution in [0, 0.1) is 6.92 Å². The van der Waals surface area contributed by atoms with Gasteiger partial charge in [-0.25, -0.2) is 0 Å². The average molecular weight is 306 g/mol. The summed E-state index contributed by atoms with van der Waals surface area (Å²) in [5.74, 6) is 0.585. The Bertz CT molecular complexity index is 696. The van der Waals surface area contributed by atoms with Gasteiger partial charge in [-0.2, -0.15) is 5.10 Å². The van der Waals surface area contributed by atoms with E-state index in [9.17, 15) is 4.79 Å². The largest absolute Gasteiger partial charge is 0.490 e. The minimum Gasteiger partial charge on any atom is -0.490 e. The van der Waals surface area contributed by atoms with Crippen LogP contribution in [0.3, 0.4) is 0 Å². The van der Waals surface area contributed by atoms with Gasteiger partial charge >= 0.3 is 0 Å². The highest BCUT2D eigenvalue weighted by molar-refractivity contribution is 6.33. The van der Waals surface area contributed by atoms with Gasteiger partial charge in [0.1, 0.15) is 17.5 Å². The molecule has 1 aromatic heterocycles. The summed E-state index contributed by atoms with van der Waals surface area (Å²) < 4.78 is 7.21. The number of rotatable bonds is 2. The van der Waals surface area contributed by atoms with E-state index in [0.717, 1.165) is 5.69 Å². The third-order valence-corrected chi connectivity index (χ3v) is 3.94. The number of carbonyl (C=O) groups excluding carboxylic acids is 1. The Morgan fingerprint density at radius 3 is 2.90 bits per heavy atom. The van der Waals surface area contributed by atoms with Crippen LogP contribution in [0.4, 0.5) is 5.69 Å². The topological polar surface area (TPSA) is 47.4 Å². The molecule has 0 aliphatic carbocycles. The molecular weight excluding hydrogens is 290 g/mol. The molecule has 0 radical (unpaired) electrons. The monoisotopic (exact) mass is 305 g/mol. The van der Waals surface area contributed by atoms with E-state index in [2.05, 4.69) is 5.10 Å². The Balaban J connectivity index is 2.03. The number of nitrogens with zero attached hydrogens (tertiary/aromatic N) is 3. The highest BCUT2D eigenvalue weighted by Crippen LogP contribution is 2.33. The van der Waals surface area contributed by atoms with Crippen molar-refractivity contribution in [2.45, 2.75) is 20.4 Å². The standard InChI is InChI=1S/C15H16ClN3O2/c1-3-19-14(16)13(10(2)17-19)15(20)18-8-9-21-12-7-5-4-6-11(12)18/h4-7H,3,8-9H2,1-2H3. The van der Waals surface area contributed by atoms with Crippen molar-refractivity contribution in [3.05, 3.63) is 40.7 Å². The smallest absolute Gasteiger partial charge is 0.263 e. The number of anilines is 1. The SMILES string of the molecule is CCn1nc(C)c(C(=O)N2CCOc3ccccc32)c1Cl. The van der Waals surface area contributed by atoms with Crippen molar-refractivity contribution in [3.63, 3.8) is 0 Å². The van der Waals surface area contributed by atoms with Crippen LogP contribution in [0.25, 0.3) is 0 Å². The van der Waals surface area contributed by atoms with Crippen LogP contribution in [0.2, 0.25) is 5.15 Å². The lowest BCUT2D eigenvalue weighted by Gasteiger charge is -2.29. The average Bonchev–Trinajstić information content (AvgIpc) is 2.80. The van der Waals surface area contributed by atoms with E-state index < -0.39 is 0 Å². The number of aryl methyl sites for hydroxylation is 2. The number of halogens is 1. The molecule has 0 atom stereocenters. The van der Waals surface area contributed by atoms with Crippen LogP contribution in [0.1, 0.15) is 23.0 Å². The van der Waals surface area contributed by atoms with Crippen LogP contribution in [0.15, 0.2) is 24.3 Å². The number of ether oxygens (including phenoxy) is 1. The van der Waals surface area contributed by atoms with Crippen LogP contribution in [0.5, 0.6) is 5.75 Å². The van der Waals surface area contributed by atoms with Gasteiger partial charge in [-0.1, -0.05) is 23.7 Å². The lowest BCUT2D eigenvalue weighted by Crippen LogP contribution is -2.38. The number of fused-ring (bicyclic) bond motifs is 1. The van der Waals surface area contributed by atoms with E-state index in [1.807, 2.05) is 31.2 Å². The molecule has 1 aliphatic rings. The lowest BCUT2D eigenvalue weighted by atomic mass is 10.2. The maximum atomic E-state index is 12.9. The third-order valence-electron chi connectivity index (χ3n) is 3.55. The van der Waals surface area contributed by atoms with Gasteiger partial charge in [-0.15, -0.1) is 0 Å². The summed E-state index contributed by atoms with van der Waals surface area (Å²) in [6, 6.07) is 7.51. The molecule has 6 heteroatoms. The van der Waals surface area contributed by atoms with Crippen molar-refractivity contribution < 1.29 is 9.53 Å². The number of amides is 1. The maximum Gasteiger partial charge on any atom is 0.263 e. The zero-order valence-electron chi connectivity index (χ0n) is 12.0. The van der Waals surface area contributed by atoms with Gasteiger partial charge < -0.3 is 9.64 Å². The van der Waals surface area contributed by atoms with Crippen molar-refractivity contribution in [1.29, 1.82) is 0 Å². The number of benzene rings is 1. The van der Waals surface area contributed by atoms with Gasteiger partial charge in [0.15, 0.2) is 0 Å². The van der Waals surface area contributed by atoms with Gasteiger partial charge in [-0.3, -0.25) is 9.48 Å². The minimum atomic E-state index is -0.132. The second kappa shape index (κ2) is 5.41. The summed E-state index contributed by atoms with van der Waals surface area (Å²) >= 11 is 6.29. The highest BCUT2D eigenvalue weighted by atomic mass is 35.5. The van der Waals surface area contributed by atoms with Crippen molar-refractivity contribution in [1.82, 2.24) is 9.78 Å². The van der Waals surface area contributed by atoms with Crippen molar-refractivity contribution in [2.24, 2.45) is 0 Å². The first kappa shape index (κ1) is 13.9. The van der Waals surface area contributed by atoms with Crippen molar-refractivity contribution in [3.8, 4) is 5.75 Å². The van der Waals surface area contributed by atoms with Crippen molar-refractivity contribution >= 4 is 23.2 Å². The molecule has 2 aromatic rings. The van der Waals surface area contributed by atoms with Gasteiger partial charge in [0.2, 0.25) is 0 Å². The first-order chi connectivity index (χ1) is 10.1. The predicted molar refractivity (Wildman–Crippen MR) is 81.3 cm³/mol. The fourth-order valence-electron chi connectivity index (χ4n) is 2.52. The van der Waals surface area contributed by atoms with E-state index in [0.29, 0.717) is 41.9 Å². The summed E-state index contributed by atoms with van der Waals surface area (Å²) in [5.41, 5.74) is 1.89. The second-order valence-electron chi connectivity index (χ2n) is 4.84. The summed E-state index contributed by atoms with van der Waals surface area (Å²) in [7, 11) is 0. The van der Waals surface area contributed by atoms with Gasteiger partial charge in [0, 0.05) is 6.54 Å². The lowest BCUT2D eigenvalue weighted by molar-refractivity contribution is 0.0976. The fraction of sp³-hybridized carbons (Fsp3) is 0.333. The van der Waals surface area contributed by atoms with E-state index in [1.54, 1.807) is 16.5 Å². The van der Waals surface area contributed by atoms with Crippen LogP contribution in [-0.4, -0.2) is 28.8 Å². The Hall–Kier alpha value is -2.01. The summed E-state index contributed by atoms with van der Waals surface area (Å²) in [4.78, 5) is 14.6. The molecule has 110 valence electrons. The second-order valence-corrected chi connectivity index (χ2v) is 5.20. The highest BCUT2D eigenvalue weighted by Gasteiger charge is 2.29. The summed E-state index contributed by atoms with van der Waals surface area (Å²) in [5, 5.41) is 4.70. The van der Waals surface area contributed by atoms with Crippen molar-refractivity contribution in [2.75, 3.05) is 18.1 Å². The molecule has 0 bridgehead atoms. The molecule has 0 N–H and O–H groups in total. The molecule has 3 rings (SSSR count). The molecule has 1 aromatic carbocycles. The number of hydrogen-bond acceptors (Lipinski definition) is 3. The van der Waals surface area contributed by atoms with E-state index in [1.165, 1.54) is 0 Å². The van der Waals surface area contributed by atoms with Crippen LogP contribution in [-0.2, 0) is 6.54 Å². The molecule has 5 nitrogen and oxygen atoms in total. The molecule has 21 heavy (non-hydrogen) atoms. The van der Waals surface area contributed by atoms with E-state index >= 15 is 0 Å². The van der Waals surface area contributed by atoms with E-state index in [4.69, 9.17) is 16.3 Å². The Labute approximate surface area is 128 Å². The number of hydrogen-bond donors (Lipinski definition) is 0. The van der Waals surface area contributed by atoms with Crippen LogP contribution < -0.4 is 9.64 Å². The summed E-state index contributed by atoms with van der Waals surface area (Å²) in [6.07, 6.45) is 0. The third kappa shape index (κ3) is 2.27. The molecule has 0 saturated carbocycles. The molecule has 2 heterocycles. The molecule has 0 unspecified atom stereocenters. The van der Waals surface area contributed by atoms with Crippen LogP contribution >= 0.6 is 11.6 Å². The van der Waals surface area contributed by atoms with E-state index in [-0.39, 0.29) is 5.91 Å². The molecule has 0 fully saturated rings. The van der Waals surface area contributed by atoms with Gasteiger partial charge in [0.05, 0.1) is 23.5 Å². The molecule has 1 amide bonds. The number of carbonyl (C=O) groups is 1. The first-order valence-electron chi connectivity index (χ1n) is 6.90. The fourth-order valence-corrected chi connectivity index (χ4v) is 2.90. The Morgan fingerprint density at radius 1 is 1.43 bits per heavy atom. The predicted octanol–water partition coefficient (Wildman–Crippen LogP) is 2.90. The quantitative estimate of drug-likeness (QED) is 0.857. The van der Waals surface area contributed by atoms with Gasteiger partial charge in [-0.05, 0) is 26.0 Å². The molecular formula is C15H16ClN3O2. The zero-order valence-corrected chi connectivity index (χ0v) is 12.7. The summed E-state index contributed by atoms with van der Waals surface area (Å²) in [6.45, 7) is 5.35.